The van der Waals surface area contributed by atoms with Gasteiger partial charge >= 0.3 is 5.97 Å². The molecule has 6 heteroatoms. The maximum absolute atomic E-state index is 13.2. The summed E-state index contributed by atoms with van der Waals surface area (Å²) in [4.78, 5) is 26.1. The molecule has 0 aromatic rings. The minimum Gasteiger partial charge on any atom is -0.462 e. The van der Waals surface area contributed by atoms with E-state index in [-0.39, 0.29) is 31.3 Å². The molecule has 0 rings (SSSR count). The number of carbonyl (C=O) groups excluding carboxylic acids is 2. The number of aliphatic hydroxyl groups is 2. The molecule has 0 saturated heterocycles. The molecule has 3 atom stereocenters. The summed E-state index contributed by atoms with van der Waals surface area (Å²) in [5, 5.41) is 23.8. The SMILES string of the molecule is CC/C=C\C/C=C\C/C=C\C/C=C\C/C=C\CCCC(CC(=O)NC(CO)C(O)CCCCCCCCCCCCCCCCCC)OC(=O)CCC/C=C/C=C\C=C/C=C/C=C/CC. The first kappa shape index (κ1) is 61.3. The number of allylic oxidation sites excluding steroid dienone is 20. The van der Waals surface area contributed by atoms with Gasteiger partial charge in [-0.15, -0.1) is 0 Å². The van der Waals surface area contributed by atoms with Crippen LogP contribution < -0.4 is 5.32 Å². The Balaban J connectivity index is 4.78. The smallest absolute Gasteiger partial charge is 0.306 e. The van der Waals surface area contributed by atoms with Crippen molar-refractivity contribution in [1.29, 1.82) is 0 Å². The van der Waals surface area contributed by atoms with E-state index < -0.39 is 18.2 Å². The van der Waals surface area contributed by atoms with Crippen molar-refractivity contribution in [2.24, 2.45) is 0 Å². The predicted molar refractivity (Wildman–Crippen MR) is 282 cm³/mol. The van der Waals surface area contributed by atoms with Gasteiger partial charge in [0, 0.05) is 6.42 Å². The lowest BCUT2D eigenvalue weighted by atomic mass is 10.0. The van der Waals surface area contributed by atoms with Crippen molar-refractivity contribution in [3.8, 4) is 0 Å². The number of aliphatic hydroxyl groups excluding tert-OH is 2. The molecule has 3 N–H and O–H groups in total. The van der Waals surface area contributed by atoms with Crippen molar-refractivity contribution in [2.75, 3.05) is 6.61 Å². The second kappa shape index (κ2) is 51.2. The van der Waals surface area contributed by atoms with Gasteiger partial charge in [0.25, 0.3) is 0 Å². The Kier molecular flexibility index (Phi) is 48.3. The normalized spacial score (nSPS) is 14.2. The van der Waals surface area contributed by atoms with Gasteiger partial charge in [0.2, 0.25) is 5.91 Å². The number of amides is 1. The van der Waals surface area contributed by atoms with Gasteiger partial charge in [-0.2, -0.15) is 0 Å². The summed E-state index contributed by atoms with van der Waals surface area (Å²) in [6, 6.07) is -0.743. The Hall–Kier alpha value is -3.74. The molecule has 0 aliphatic rings. The second-order valence-electron chi connectivity index (χ2n) is 17.3. The number of unbranched alkanes of at least 4 members (excludes halogenated alkanes) is 17. The number of hydrogen-bond donors (Lipinski definition) is 3. The Bertz CT molecular complexity index is 1380. The molecule has 6 nitrogen and oxygen atoms in total. The van der Waals surface area contributed by atoms with E-state index in [4.69, 9.17) is 4.74 Å². The van der Waals surface area contributed by atoms with Crippen molar-refractivity contribution in [3.63, 3.8) is 0 Å². The topological polar surface area (TPSA) is 95.9 Å². The highest BCUT2D eigenvalue weighted by molar-refractivity contribution is 5.77. The molecule has 65 heavy (non-hydrogen) atoms. The van der Waals surface area contributed by atoms with Crippen molar-refractivity contribution < 1.29 is 24.5 Å². The Morgan fingerprint density at radius 3 is 1.40 bits per heavy atom. The quantitative estimate of drug-likeness (QED) is 0.0245. The van der Waals surface area contributed by atoms with Crippen LogP contribution in [0.2, 0.25) is 0 Å². The summed E-state index contributed by atoms with van der Waals surface area (Å²) in [7, 11) is 0. The zero-order valence-electron chi connectivity index (χ0n) is 41.8. The van der Waals surface area contributed by atoms with Crippen molar-refractivity contribution >= 4 is 11.9 Å². The van der Waals surface area contributed by atoms with Gasteiger partial charge < -0.3 is 20.3 Å². The fourth-order valence-electron chi connectivity index (χ4n) is 7.26. The standard InChI is InChI=1S/C59H97NO5/c1-4-7-10-13-16-19-22-25-27-29-30-33-35-38-41-44-47-50-55(65-59(64)52-49-46-43-40-37-32-24-21-18-15-12-9-6-3)53-58(63)60-56(54-61)57(62)51-48-45-42-39-36-34-31-28-26-23-20-17-14-11-8-5-2/h7,9-10,12,15-16,18-19,21,24-25,27,30,32-33,37-38,40-41,43,55-57,61-62H,4-6,8,11,13-14,17,20,22-23,26,28-29,31,34-36,39,42,44-54H2,1-3H3,(H,60,63)/b10-7-,12-9+,18-15+,19-16-,24-21-,27-25-,33-30-,37-32-,41-38-,43-40+. The predicted octanol–water partition coefficient (Wildman–Crippen LogP) is 16.1. The third kappa shape index (κ3) is 46.6. The van der Waals surface area contributed by atoms with Crippen molar-refractivity contribution in [1.82, 2.24) is 5.32 Å². The third-order valence-electron chi connectivity index (χ3n) is 11.2. The van der Waals surface area contributed by atoms with Crippen LogP contribution in [0.15, 0.2) is 122 Å². The maximum Gasteiger partial charge on any atom is 0.306 e. The molecular weight excluding hydrogens is 803 g/mol. The van der Waals surface area contributed by atoms with Crippen LogP contribution in [0.1, 0.15) is 213 Å². The van der Waals surface area contributed by atoms with Crippen LogP contribution in [0.25, 0.3) is 0 Å². The summed E-state index contributed by atoms with van der Waals surface area (Å²) in [6.45, 7) is 6.19. The molecule has 0 aliphatic heterocycles. The molecule has 0 heterocycles. The molecule has 0 radical (unpaired) electrons. The molecule has 368 valence electrons. The molecule has 0 saturated carbocycles. The lowest BCUT2D eigenvalue weighted by Gasteiger charge is -2.24. The Morgan fingerprint density at radius 2 is 0.908 bits per heavy atom. The molecule has 0 aliphatic carbocycles. The largest absolute Gasteiger partial charge is 0.462 e. The van der Waals surface area contributed by atoms with Crippen LogP contribution in [-0.4, -0.2) is 46.9 Å². The highest BCUT2D eigenvalue weighted by Crippen LogP contribution is 2.16. The fraction of sp³-hybridized carbons (Fsp3) is 0.627. The van der Waals surface area contributed by atoms with Gasteiger partial charge in [-0.25, -0.2) is 0 Å². The Labute approximate surface area is 400 Å². The fourth-order valence-corrected chi connectivity index (χ4v) is 7.26. The minimum atomic E-state index is -0.823. The van der Waals surface area contributed by atoms with Crippen molar-refractivity contribution in [3.05, 3.63) is 122 Å². The van der Waals surface area contributed by atoms with Crippen LogP contribution >= 0.6 is 0 Å². The average molecular weight is 900 g/mol. The molecule has 0 bridgehead atoms. The first-order valence-electron chi connectivity index (χ1n) is 26.3. The number of esters is 1. The maximum atomic E-state index is 13.2. The van der Waals surface area contributed by atoms with E-state index in [1.165, 1.54) is 83.5 Å². The van der Waals surface area contributed by atoms with Gasteiger partial charge in [0.15, 0.2) is 0 Å². The summed E-state index contributed by atoms with van der Waals surface area (Å²) in [5.74, 6) is -0.629. The zero-order chi connectivity index (χ0) is 47.4. The van der Waals surface area contributed by atoms with Crippen LogP contribution in [-0.2, 0) is 14.3 Å². The lowest BCUT2D eigenvalue weighted by molar-refractivity contribution is -0.151. The van der Waals surface area contributed by atoms with Crippen LogP contribution in [0.5, 0.6) is 0 Å². The van der Waals surface area contributed by atoms with Gasteiger partial charge in [-0.05, 0) is 77.0 Å². The summed E-state index contributed by atoms with van der Waals surface area (Å²) >= 11 is 0. The van der Waals surface area contributed by atoms with E-state index in [1.807, 2.05) is 54.7 Å². The minimum absolute atomic E-state index is 0.00195. The monoisotopic (exact) mass is 900 g/mol. The molecule has 0 aromatic carbocycles. The number of rotatable bonds is 45. The third-order valence-corrected chi connectivity index (χ3v) is 11.2. The van der Waals surface area contributed by atoms with Gasteiger partial charge in [0.05, 0.1) is 25.2 Å². The van der Waals surface area contributed by atoms with Gasteiger partial charge in [-0.1, -0.05) is 245 Å². The van der Waals surface area contributed by atoms with E-state index in [2.05, 4.69) is 92.9 Å². The first-order valence-corrected chi connectivity index (χ1v) is 26.3. The molecule has 0 fully saturated rings. The summed E-state index contributed by atoms with van der Waals surface area (Å²) in [6.07, 6.45) is 71.2. The number of carbonyl (C=O) groups is 2. The summed E-state index contributed by atoms with van der Waals surface area (Å²) in [5.41, 5.74) is 0. The molecular formula is C59H97NO5. The molecule has 1 amide bonds. The van der Waals surface area contributed by atoms with Crippen molar-refractivity contribution in [2.45, 2.75) is 232 Å². The van der Waals surface area contributed by atoms with Gasteiger partial charge in [0.1, 0.15) is 6.10 Å². The highest BCUT2D eigenvalue weighted by Gasteiger charge is 2.24. The van der Waals surface area contributed by atoms with Crippen LogP contribution in [0, 0.1) is 0 Å². The van der Waals surface area contributed by atoms with E-state index in [1.54, 1.807) is 0 Å². The lowest BCUT2D eigenvalue weighted by Crippen LogP contribution is -2.46. The zero-order valence-corrected chi connectivity index (χ0v) is 41.8. The molecule has 0 aromatic heterocycles. The van der Waals surface area contributed by atoms with E-state index in [0.717, 1.165) is 77.0 Å². The Morgan fingerprint density at radius 1 is 0.477 bits per heavy atom. The summed E-state index contributed by atoms with van der Waals surface area (Å²) < 4.78 is 5.86. The molecule has 0 spiro atoms. The second-order valence-corrected chi connectivity index (χ2v) is 17.3. The van der Waals surface area contributed by atoms with Gasteiger partial charge in [-0.3, -0.25) is 9.59 Å². The molecule has 3 unspecified atom stereocenters. The van der Waals surface area contributed by atoms with E-state index in [0.29, 0.717) is 19.3 Å². The van der Waals surface area contributed by atoms with Crippen LogP contribution in [0.4, 0.5) is 0 Å². The first-order chi connectivity index (χ1) is 32.0. The number of ether oxygens (including phenoxy) is 1. The average Bonchev–Trinajstić information content (AvgIpc) is 3.30. The van der Waals surface area contributed by atoms with E-state index >= 15 is 0 Å². The van der Waals surface area contributed by atoms with Crippen LogP contribution in [0.3, 0.4) is 0 Å². The highest BCUT2D eigenvalue weighted by atomic mass is 16.5. The number of nitrogens with one attached hydrogen (secondary N) is 1. The number of hydrogen-bond acceptors (Lipinski definition) is 5. The van der Waals surface area contributed by atoms with E-state index in [9.17, 15) is 19.8 Å².